The molecule has 0 saturated carbocycles. The molecule has 0 atom stereocenters. The summed E-state index contributed by atoms with van der Waals surface area (Å²) in [6.45, 7) is 5.13. The minimum atomic E-state index is -3.79. The van der Waals surface area contributed by atoms with Gasteiger partial charge in [-0.1, -0.05) is 12.1 Å². The highest BCUT2D eigenvalue weighted by atomic mass is 32.2. The molecule has 0 aromatic heterocycles. The highest BCUT2D eigenvalue weighted by molar-refractivity contribution is 7.92. The number of anilines is 2. The van der Waals surface area contributed by atoms with Crippen molar-refractivity contribution in [3.05, 3.63) is 87.5 Å². The number of amides is 1. The van der Waals surface area contributed by atoms with Crippen molar-refractivity contribution < 1.29 is 22.9 Å². The molecule has 33 heavy (non-hydrogen) atoms. The molecule has 0 heterocycles. The van der Waals surface area contributed by atoms with E-state index in [-0.39, 0.29) is 17.2 Å². The second-order valence-electron chi connectivity index (χ2n) is 7.55. The molecule has 3 rings (SSSR count). The zero-order valence-corrected chi connectivity index (χ0v) is 19.1. The topological polar surface area (TPSA) is 128 Å². The zero-order chi connectivity index (χ0) is 24.2. The molecule has 172 valence electrons. The number of sulfonamides is 1. The molecule has 0 fully saturated rings. The first-order valence-corrected chi connectivity index (χ1v) is 11.4. The van der Waals surface area contributed by atoms with Crippen LogP contribution in [0.4, 0.5) is 17.1 Å². The second-order valence-corrected chi connectivity index (χ2v) is 9.23. The predicted molar refractivity (Wildman–Crippen MR) is 125 cm³/mol. The lowest BCUT2D eigenvalue weighted by atomic mass is 10.1. The summed E-state index contributed by atoms with van der Waals surface area (Å²) in [5.74, 6) is -0.210. The van der Waals surface area contributed by atoms with Gasteiger partial charge in [0.05, 0.1) is 15.5 Å². The molecule has 0 spiro atoms. The smallest absolute Gasteiger partial charge is 0.271 e. The lowest BCUT2D eigenvalue weighted by Gasteiger charge is -2.11. The summed E-state index contributed by atoms with van der Waals surface area (Å²) < 4.78 is 33.3. The Kier molecular flexibility index (Phi) is 6.98. The van der Waals surface area contributed by atoms with E-state index in [4.69, 9.17) is 4.74 Å². The number of nitrogens with zero attached hydrogens (tertiary/aromatic N) is 1. The van der Waals surface area contributed by atoms with Crippen molar-refractivity contribution in [2.24, 2.45) is 0 Å². The Morgan fingerprint density at radius 3 is 2.21 bits per heavy atom. The third kappa shape index (κ3) is 6.30. The van der Waals surface area contributed by atoms with Gasteiger partial charge in [0.25, 0.3) is 21.6 Å². The molecule has 0 aliphatic carbocycles. The van der Waals surface area contributed by atoms with Crippen molar-refractivity contribution in [1.29, 1.82) is 0 Å². The number of benzene rings is 3. The van der Waals surface area contributed by atoms with Crippen molar-refractivity contribution in [3.8, 4) is 5.75 Å². The van der Waals surface area contributed by atoms with Gasteiger partial charge in [0.15, 0.2) is 6.61 Å². The standard InChI is InChI=1S/C23H23N3O6S/c1-15-10-16(2)12-18(11-15)25-33(30,31)21-8-6-20(7-9-21)32-14-23(27)24-22-13-19(26(28)29)5-4-17(22)3/h4-13,25H,14H2,1-3H3,(H,24,27). The molecular weight excluding hydrogens is 446 g/mol. The van der Waals surface area contributed by atoms with Gasteiger partial charge in [-0.25, -0.2) is 8.42 Å². The third-order valence-electron chi connectivity index (χ3n) is 4.68. The lowest BCUT2D eigenvalue weighted by molar-refractivity contribution is -0.384. The molecule has 0 aliphatic rings. The van der Waals surface area contributed by atoms with Crippen LogP contribution in [0.5, 0.6) is 5.75 Å². The molecule has 0 bridgehead atoms. The number of nitro groups is 1. The lowest BCUT2D eigenvalue weighted by Crippen LogP contribution is -2.20. The molecule has 0 unspecified atom stereocenters. The number of non-ortho nitro benzene ring substituents is 1. The maximum Gasteiger partial charge on any atom is 0.271 e. The van der Waals surface area contributed by atoms with Crippen molar-refractivity contribution in [2.45, 2.75) is 25.7 Å². The number of carbonyl (C=O) groups is 1. The number of carbonyl (C=O) groups excluding carboxylic acids is 1. The molecule has 0 aliphatic heterocycles. The average molecular weight is 470 g/mol. The fourth-order valence-corrected chi connectivity index (χ4v) is 4.20. The van der Waals surface area contributed by atoms with Crippen LogP contribution in [0, 0.1) is 30.9 Å². The summed E-state index contributed by atoms with van der Waals surface area (Å²) >= 11 is 0. The van der Waals surface area contributed by atoms with E-state index in [1.165, 1.54) is 36.4 Å². The van der Waals surface area contributed by atoms with Gasteiger partial charge >= 0.3 is 0 Å². The van der Waals surface area contributed by atoms with Crippen LogP contribution < -0.4 is 14.8 Å². The van der Waals surface area contributed by atoms with Crippen LogP contribution in [0.2, 0.25) is 0 Å². The number of aryl methyl sites for hydroxylation is 3. The van der Waals surface area contributed by atoms with E-state index in [0.29, 0.717) is 22.7 Å². The van der Waals surface area contributed by atoms with E-state index in [1.54, 1.807) is 25.1 Å². The molecule has 1 amide bonds. The van der Waals surface area contributed by atoms with E-state index < -0.39 is 20.9 Å². The maximum absolute atomic E-state index is 12.6. The first kappa shape index (κ1) is 23.7. The van der Waals surface area contributed by atoms with E-state index in [2.05, 4.69) is 10.0 Å². The fourth-order valence-electron chi connectivity index (χ4n) is 3.16. The summed E-state index contributed by atoms with van der Waals surface area (Å²) in [5, 5.41) is 13.5. The van der Waals surface area contributed by atoms with Crippen molar-refractivity contribution in [1.82, 2.24) is 0 Å². The average Bonchev–Trinajstić information content (AvgIpc) is 2.73. The Morgan fingerprint density at radius 2 is 1.61 bits per heavy atom. The second kappa shape index (κ2) is 9.70. The largest absolute Gasteiger partial charge is 0.484 e. The van der Waals surface area contributed by atoms with Crippen LogP contribution in [0.1, 0.15) is 16.7 Å². The van der Waals surface area contributed by atoms with Gasteiger partial charge in [-0.2, -0.15) is 0 Å². The monoisotopic (exact) mass is 469 g/mol. The molecule has 10 heteroatoms. The van der Waals surface area contributed by atoms with Crippen molar-refractivity contribution in [3.63, 3.8) is 0 Å². The Hall–Kier alpha value is -3.92. The number of ether oxygens (including phenoxy) is 1. The van der Waals surface area contributed by atoms with Gasteiger partial charge in [0, 0.05) is 17.8 Å². The van der Waals surface area contributed by atoms with Crippen molar-refractivity contribution in [2.75, 3.05) is 16.6 Å². The Morgan fingerprint density at radius 1 is 0.970 bits per heavy atom. The van der Waals surface area contributed by atoms with Gasteiger partial charge < -0.3 is 10.1 Å². The first-order valence-electron chi connectivity index (χ1n) is 9.92. The molecule has 0 saturated heterocycles. The maximum atomic E-state index is 12.6. The molecule has 3 aromatic rings. The molecule has 3 aromatic carbocycles. The van der Waals surface area contributed by atoms with Crippen LogP contribution in [0.25, 0.3) is 0 Å². The molecular formula is C23H23N3O6S. The summed E-state index contributed by atoms with van der Waals surface area (Å²) in [5.41, 5.74) is 3.20. The fraction of sp³-hybridized carbons (Fsp3) is 0.174. The first-order chi connectivity index (χ1) is 15.5. The van der Waals surface area contributed by atoms with Crippen LogP contribution in [-0.4, -0.2) is 25.9 Å². The highest BCUT2D eigenvalue weighted by Crippen LogP contribution is 2.23. The summed E-state index contributed by atoms with van der Waals surface area (Å²) in [7, 11) is -3.79. The Bertz CT molecular complexity index is 1280. The predicted octanol–water partition coefficient (Wildman–Crippen LogP) is 4.34. The highest BCUT2D eigenvalue weighted by Gasteiger charge is 2.15. The summed E-state index contributed by atoms with van der Waals surface area (Å²) in [6.07, 6.45) is 0. The van der Waals surface area contributed by atoms with Gasteiger partial charge in [-0.3, -0.25) is 19.6 Å². The Balaban J connectivity index is 1.62. The number of nitrogens with one attached hydrogen (secondary N) is 2. The number of nitro benzene ring substituents is 1. The van der Waals surface area contributed by atoms with Gasteiger partial charge in [0.1, 0.15) is 5.75 Å². The van der Waals surface area contributed by atoms with E-state index in [0.717, 1.165) is 11.1 Å². The summed E-state index contributed by atoms with van der Waals surface area (Å²) in [4.78, 5) is 22.6. The van der Waals surface area contributed by atoms with Gasteiger partial charge in [-0.15, -0.1) is 0 Å². The normalized spacial score (nSPS) is 11.0. The third-order valence-corrected chi connectivity index (χ3v) is 6.08. The Labute approximate surface area is 191 Å². The minimum Gasteiger partial charge on any atom is -0.484 e. The van der Waals surface area contributed by atoms with Crippen LogP contribution in [0.15, 0.2) is 65.6 Å². The van der Waals surface area contributed by atoms with Crippen LogP contribution in [-0.2, 0) is 14.8 Å². The number of rotatable bonds is 8. The SMILES string of the molecule is Cc1cc(C)cc(NS(=O)(=O)c2ccc(OCC(=O)Nc3cc([N+](=O)[O-])ccc3C)cc2)c1. The van der Waals surface area contributed by atoms with Crippen molar-refractivity contribution >= 4 is 33.0 Å². The molecule has 9 nitrogen and oxygen atoms in total. The number of hydrogen-bond acceptors (Lipinski definition) is 6. The van der Waals surface area contributed by atoms with E-state index in [9.17, 15) is 23.3 Å². The molecule has 2 N–H and O–H groups in total. The number of hydrogen-bond donors (Lipinski definition) is 2. The summed E-state index contributed by atoms with van der Waals surface area (Å²) in [6, 6.07) is 15.2. The van der Waals surface area contributed by atoms with Crippen LogP contribution in [0.3, 0.4) is 0 Å². The quantitative estimate of drug-likeness (QED) is 0.373. The van der Waals surface area contributed by atoms with Crippen LogP contribution >= 0.6 is 0 Å². The zero-order valence-electron chi connectivity index (χ0n) is 18.3. The van der Waals surface area contributed by atoms with Gasteiger partial charge in [-0.05, 0) is 73.9 Å². The van der Waals surface area contributed by atoms with E-state index >= 15 is 0 Å². The molecule has 0 radical (unpaired) electrons. The minimum absolute atomic E-state index is 0.0469. The van der Waals surface area contributed by atoms with E-state index in [1.807, 2.05) is 19.9 Å². The van der Waals surface area contributed by atoms with Gasteiger partial charge in [0.2, 0.25) is 0 Å².